The molecule has 0 amide bonds. The third-order valence-corrected chi connectivity index (χ3v) is 4.39. The van der Waals surface area contributed by atoms with Gasteiger partial charge in [-0.1, -0.05) is 12.1 Å². The topological polar surface area (TPSA) is 45.7 Å². The van der Waals surface area contributed by atoms with Crippen molar-refractivity contribution in [3.8, 4) is 5.75 Å². The van der Waals surface area contributed by atoms with Gasteiger partial charge in [-0.05, 0) is 55.5 Å². The highest BCUT2D eigenvalue weighted by Crippen LogP contribution is 2.15. The van der Waals surface area contributed by atoms with E-state index in [0.717, 1.165) is 24.8 Å². The molecule has 0 saturated carbocycles. The number of halogens is 1. The van der Waals surface area contributed by atoms with Gasteiger partial charge in [0.2, 0.25) is 0 Å². The molecule has 0 radical (unpaired) electrons. The Morgan fingerprint density at radius 1 is 1.12 bits per heavy atom. The molecule has 1 aromatic carbocycles. The Morgan fingerprint density at radius 2 is 1.79 bits per heavy atom. The van der Waals surface area contributed by atoms with Crippen LogP contribution in [0.3, 0.4) is 0 Å². The van der Waals surface area contributed by atoms with Crippen molar-refractivity contribution in [2.24, 2.45) is 4.99 Å². The Balaban J connectivity index is 0.00000288. The lowest BCUT2D eigenvalue weighted by Gasteiger charge is -2.13. The van der Waals surface area contributed by atoms with Crippen molar-refractivity contribution in [3.63, 3.8) is 0 Å². The first-order chi connectivity index (χ1) is 11.1. The van der Waals surface area contributed by atoms with Crippen molar-refractivity contribution in [3.05, 3.63) is 51.7 Å². The van der Waals surface area contributed by atoms with E-state index in [9.17, 15) is 0 Å². The molecule has 0 saturated heterocycles. The molecule has 4 nitrogen and oxygen atoms in total. The van der Waals surface area contributed by atoms with Crippen LogP contribution in [0.2, 0.25) is 0 Å². The summed E-state index contributed by atoms with van der Waals surface area (Å²) in [6, 6.07) is 10.3. The molecule has 6 heteroatoms. The van der Waals surface area contributed by atoms with E-state index in [0.29, 0.717) is 0 Å². The highest BCUT2D eigenvalue weighted by molar-refractivity contribution is 14.0. The van der Waals surface area contributed by atoms with Gasteiger partial charge in [0.25, 0.3) is 0 Å². The predicted molar refractivity (Wildman–Crippen MR) is 114 cm³/mol. The fourth-order valence-corrected chi connectivity index (χ4v) is 2.96. The van der Waals surface area contributed by atoms with Crippen LogP contribution in [0.1, 0.15) is 29.9 Å². The zero-order valence-electron chi connectivity index (χ0n) is 14.6. The fourth-order valence-electron chi connectivity index (χ4n) is 2.11. The quantitative estimate of drug-likeness (QED) is 0.384. The number of aryl methyl sites for hydroxylation is 1. The average molecular weight is 459 g/mol. The minimum atomic E-state index is 0. The summed E-state index contributed by atoms with van der Waals surface area (Å²) in [7, 11) is 1.79. The molecule has 2 rings (SSSR count). The third kappa shape index (κ3) is 6.68. The molecule has 0 aliphatic heterocycles. The Labute approximate surface area is 165 Å². The normalized spacial score (nSPS) is 11.1. The van der Waals surface area contributed by atoms with Crippen molar-refractivity contribution in [2.45, 2.75) is 40.0 Å². The van der Waals surface area contributed by atoms with E-state index in [1.807, 2.05) is 26.0 Å². The average Bonchev–Trinajstić information content (AvgIpc) is 2.94. The van der Waals surface area contributed by atoms with E-state index < -0.39 is 0 Å². The van der Waals surface area contributed by atoms with Crippen molar-refractivity contribution >= 4 is 41.3 Å². The molecular weight excluding hydrogens is 433 g/mol. The summed E-state index contributed by atoms with van der Waals surface area (Å²) in [4.78, 5) is 5.60. The number of thiophene rings is 1. The van der Waals surface area contributed by atoms with Crippen LogP contribution in [0, 0.1) is 6.92 Å². The molecule has 2 N–H and O–H groups in total. The number of hydrogen-bond donors (Lipinski definition) is 2. The Hall–Kier alpha value is -1.28. The SMILES string of the molecule is CN=C(NCc1ccc(OC(C)C)cc1)NCc1sccc1C.I. The summed E-state index contributed by atoms with van der Waals surface area (Å²) in [6.45, 7) is 7.71. The summed E-state index contributed by atoms with van der Waals surface area (Å²) >= 11 is 1.76. The van der Waals surface area contributed by atoms with Gasteiger partial charge in [0.1, 0.15) is 5.75 Å². The van der Waals surface area contributed by atoms with Crippen LogP contribution in [-0.4, -0.2) is 19.1 Å². The lowest BCUT2D eigenvalue weighted by Crippen LogP contribution is -2.36. The number of benzene rings is 1. The zero-order valence-corrected chi connectivity index (χ0v) is 17.8. The lowest BCUT2D eigenvalue weighted by atomic mass is 10.2. The molecule has 2 aromatic rings. The van der Waals surface area contributed by atoms with Crippen molar-refractivity contribution in [1.29, 1.82) is 0 Å². The molecule has 1 heterocycles. The summed E-state index contributed by atoms with van der Waals surface area (Å²) in [6.07, 6.45) is 0.197. The van der Waals surface area contributed by atoms with Crippen LogP contribution < -0.4 is 15.4 Å². The Bertz CT molecular complexity index is 638. The second-order valence-corrected chi connectivity index (χ2v) is 6.62. The number of rotatable bonds is 6. The summed E-state index contributed by atoms with van der Waals surface area (Å²) < 4.78 is 5.65. The number of hydrogen-bond acceptors (Lipinski definition) is 3. The molecule has 0 fully saturated rings. The number of ether oxygens (including phenoxy) is 1. The van der Waals surface area contributed by atoms with Crippen LogP contribution in [0.4, 0.5) is 0 Å². The van der Waals surface area contributed by atoms with Crippen LogP contribution >= 0.6 is 35.3 Å². The highest BCUT2D eigenvalue weighted by atomic mass is 127. The molecule has 0 aliphatic rings. The van der Waals surface area contributed by atoms with E-state index in [1.165, 1.54) is 16.0 Å². The largest absolute Gasteiger partial charge is 0.491 e. The predicted octanol–water partition coefficient (Wildman–Crippen LogP) is 4.33. The van der Waals surface area contributed by atoms with Crippen LogP contribution in [-0.2, 0) is 13.1 Å². The molecular formula is C18H26IN3OS. The first-order valence-corrected chi connectivity index (χ1v) is 8.69. The van der Waals surface area contributed by atoms with E-state index in [4.69, 9.17) is 4.74 Å². The number of nitrogens with zero attached hydrogens (tertiary/aromatic N) is 1. The molecule has 0 spiro atoms. The highest BCUT2D eigenvalue weighted by Gasteiger charge is 2.03. The first kappa shape index (κ1) is 20.8. The number of aliphatic imine (C=N–C) groups is 1. The lowest BCUT2D eigenvalue weighted by molar-refractivity contribution is 0.242. The smallest absolute Gasteiger partial charge is 0.191 e. The van der Waals surface area contributed by atoms with Crippen molar-refractivity contribution in [1.82, 2.24) is 10.6 Å². The van der Waals surface area contributed by atoms with Gasteiger partial charge in [0.15, 0.2) is 5.96 Å². The zero-order chi connectivity index (χ0) is 16.7. The maximum atomic E-state index is 5.65. The maximum Gasteiger partial charge on any atom is 0.191 e. The molecule has 1 aromatic heterocycles. The van der Waals surface area contributed by atoms with Crippen molar-refractivity contribution < 1.29 is 4.74 Å². The third-order valence-electron chi connectivity index (χ3n) is 3.36. The Morgan fingerprint density at radius 3 is 2.33 bits per heavy atom. The first-order valence-electron chi connectivity index (χ1n) is 7.81. The van der Waals surface area contributed by atoms with Gasteiger partial charge in [-0.25, -0.2) is 0 Å². The standard InChI is InChI=1S/C18H25N3OS.HI/c1-13(2)22-16-7-5-15(6-8-16)11-20-18(19-4)21-12-17-14(3)9-10-23-17;/h5-10,13H,11-12H2,1-4H3,(H2,19,20,21);1H. The van der Waals surface area contributed by atoms with Crippen LogP contribution in [0.15, 0.2) is 40.7 Å². The minimum absolute atomic E-state index is 0. The van der Waals surface area contributed by atoms with E-state index in [-0.39, 0.29) is 30.1 Å². The van der Waals surface area contributed by atoms with Gasteiger partial charge in [-0.3, -0.25) is 4.99 Å². The number of nitrogens with one attached hydrogen (secondary N) is 2. The molecule has 0 atom stereocenters. The second-order valence-electron chi connectivity index (χ2n) is 5.62. The molecule has 0 bridgehead atoms. The van der Waals surface area contributed by atoms with Crippen LogP contribution in [0.5, 0.6) is 5.75 Å². The molecule has 0 aliphatic carbocycles. The second kappa shape index (κ2) is 10.6. The summed E-state index contributed by atoms with van der Waals surface area (Å²) in [5.41, 5.74) is 2.51. The molecule has 24 heavy (non-hydrogen) atoms. The summed E-state index contributed by atoms with van der Waals surface area (Å²) in [5, 5.41) is 8.79. The Kier molecular flexibility index (Phi) is 9.13. The van der Waals surface area contributed by atoms with Crippen molar-refractivity contribution in [2.75, 3.05) is 7.05 Å². The van der Waals surface area contributed by atoms with Gasteiger partial charge < -0.3 is 15.4 Å². The van der Waals surface area contributed by atoms with E-state index >= 15 is 0 Å². The van der Waals surface area contributed by atoms with Gasteiger partial charge in [0, 0.05) is 18.5 Å². The molecule has 0 unspecified atom stereocenters. The maximum absolute atomic E-state index is 5.65. The van der Waals surface area contributed by atoms with Crippen LogP contribution in [0.25, 0.3) is 0 Å². The number of guanidine groups is 1. The van der Waals surface area contributed by atoms with Gasteiger partial charge in [-0.15, -0.1) is 35.3 Å². The van der Waals surface area contributed by atoms with E-state index in [2.05, 4.69) is 46.1 Å². The van der Waals surface area contributed by atoms with E-state index in [1.54, 1.807) is 18.4 Å². The fraction of sp³-hybridized carbons (Fsp3) is 0.389. The van der Waals surface area contributed by atoms with Gasteiger partial charge >= 0.3 is 0 Å². The van der Waals surface area contributed by atoms with Gasteiger partial charge in [-0.2, -0.15) is 0 Å². The summed E-state index contributed by atoms with van der Waals surface area (Å²) in [5.74, 6) is 1.71. The van der Waals surface area contributed by atoms with Gasteiger partial charge in [0.05, 0.1) is 12.6 Å². The minimum Gasteiger partial charge on any atom is -0.491 e. The molecule has 132 valence electrons. The monoisotopic (exact) mass is 459 g/mol.